The van der Waals surface area contributed by atoms with Crippen molar-refractivity contribution in [2.24, 2.45) is 5.73 Å². The molecular formula is C10H14N2. The quantitative estimate of drug-likeness (QED) is 0.648. The van der Waals surface area contributed by atoms with Crippen molar-refractivity contribution < 1.29 is 0 Å². The van der Waals surface area contributed by atoms with E-state index in [9.17, 15) is 0 Å². The Hall–Kier alpha value is -1.28. The Kier molecular flexibility index (Phi) is 2.88. The maximum Gasteiger partial charge on any atom is 0.0322 e. The van der Waals surface area contributed by atoms with E-state index in [4.69, 9.17) is 11.5 Å². The second kappa shape index (κ2) is 3.93. The second-order valence-electron chi connectivity index (χ2n) is 2.82. The van der Waals surface area contributed by atoms with Gasteiger partial charge in [-0.2, -0.15) is 0 Å². The molecule has 0 aliphatic rings. The van der Waals surface area contributed by atoms with Crippen LogP contribution in [0.5, 0.6) is 0 Å². The number of rotatable bonds is 2. The average Bonchev–Trinajstić information content (AvgIpc) is 1.99. The fourth-order valence-corrected chi connectivity index (χ4v) is 1.14. The molecule has 0 fully saturated rings. The van der Waals surface area contributed by atoms with Crippen molar-refractivity contribution in [3.63, 3.8) is 0 Å². The summed E-state index contributed by atoms with van der Waals surface area (Å²) < 4.78 is 0. The van der Waals surface area contributed by atoms with Gasteiger partial charge in [0.05, 0.1) is 0 Å². The van der Waals surface area contributed by atoms with E-state index in [2.05, 4.69) is 6.07 Å². The fourth-order valence-electron chi connectivity index (χ4n) is 1.14. The number of hydrogen-bond donors (Lipinski definition) is 2. The topological polar surface area (TPSA) is 52.0 Å². The first kappa shape index (κ1) is 8.81. The third-order valence-corrected chi connectivity index (χ3v) is 1.57. The maximum atomic E-state index is 5.67. The fraction of sp³-hybridized carbons (Fsp3) is 0.200. The minimum Gasteiger partial charge on any atom is -0.399 e. The van der Waals surface area contributed by atoms with Gasteiger partial charge in [0, 0.05) is 12.2 Å². The molecule has 0 heterocycles. The van der Waals surface area contributed by atoms with Gasteiger partial charge in [-0.1, -0.05) is 18.2 Å². The van der Waals surface area contributed by atoms with Crippen molar-refractivity contribution in [2.75, 3.05) is 12.3 Å². The van der Waals surface area contributed by atoms with E-state index in [1.807, 2.05) is 31.2 Å². The molecule has 0 aliphatic heterocycles. The number of benzene rings is 1. The molecule has 0 saturated heterocycles. The van der Waals surface area contributed by atoms with Crippen LogP contribution in [0.4, 0.5) is 5.69 Å². The summed E-state index contributed by atoms with van der Waals surface area (Å²) in [6, 6.07) is 5.95. The average molecular weight is 162 g/mol. The largest absolute Gasteiger partial charge is 0.399 e. The minimum absolute atomic E-state index is 0.563. The van der Waals surface area contributed by atoms with Crippen LogP contribution in [0, 0.1) is 6.92 Å². The first-order valence-corrected chi connectivity index (χ1v) is 3.96. The van der Waals surface area contributed by atoms with Crippen molar-refractivity contribution in [1.82, 2.24) is 0 Å². The summed E-state index contributed by atoms with van der Waals surface area (Å²) in [5, 5.41) is 0. The van der Waals surface area contributed by atoms with Crippen LogP contribution in [-0.2, 0) is 0 Å². The Balaban J connectivity index is 2.93. The van der Waals surface area contributed by atoms with Gasteiger partial charge < -0.3 is 11.5 Å². The summed E-state index contributed by atoms with van der Waals surface area (Å²) in [7, 11) is 0. The molecule has 0 aromatic heterocycles. The van der Waals surface area contributed by atoms with Crippen molar-refractivity contribution in [3.8, 4) is 0 Å². The van der Waals surface area contributed by atoms with Crippen LogP contribution in [0.3, 0.4) is 0 Å². The summed E-state index contributed by atoms with van der Waals surface area (Å²) in [5.74, 6) is 0. The Morgan fingerprint density at radius 3 is 2.67 bits per heavy atom. The first-order chi connectivity index (χ1) is 5.72. The van der Waals surface area contributed by atoms with Crippen molar-refractivity contribution in [3.05, 3.63) is 35.4 Å². The summed E-state index contributed by atoms with van der Waals surface area (Å²) in [4.78, 5) is 0. The number of anilines is 1. The van der Waals surface area contributed by atoms with E-state index >= 15 is 0 Å². The van der Waals surface area contributed by atoms with Crippen LogP contribution >= 0.6 is 0 Å². The standard InChI is InChI=1S/C10H14N2/c1-8-5-9(3-2-4-11)7-10(12)6-8/h2-3,5-7H,4,11-12H2,1H3. The number of hydrogen-bond acceptors (Lipinski definition) is 2. The molecule has 12 heavy (non-hydrogen) atoms. The highest BCUT2D eigenvalue weighted by Crippen LogP contribution is 2.12. The zero-order valence-electron chi connectivity index (χ0n) is 7.25. The maximum absolute atomic E-state index is 5.67. The van der Waals surface area contributed by atoms with E-state index in [-0.39, 0.29) is 0 Å². The highest BCUT2D eigenvalue weighted by Gasteiger charge is 1.90. The summed E-state index contributed by atoms with van der Waals surface area (Å²) in [6.07, 6.45) is 3.89. The third kappa shape index (κ3) is 2.40. The molecule has 2 nitrogen and oxygen atoms in total. The third-order valence-electron chi connectivity index (χ3n) is 1.57. The molecule has 0 amide bonds. The monoisotopic (exact) mass is 162 g/mol. The molecule has 0 unspecified atom stereocenters. The lowest BCUT2D eigenvalue weighted by Crippen LogP contribution is -1.92. The molecule has 0 bridgehead atoms. The highest BCUT2D eigenvalue weighted by molar-refractivity contribution is 5.57. The van der Waals surface area contributed by atoms with Gasteiger partial charge in [0.15, 0.2) is 0 Å². The molecule has 0 atom stereocenters. The second-order valence-corrected chi connectivity index (χ2v) is 2.82. The normalized spacial score (nSPS) is 10.8. The first-order valence-electron chi connectivity index (χ1n) is 3.96. The Labute approximate surface area is 72.9 Å². The molecule has 0 spiro atoms. The Bertz CT molecular complexity index is 270. The van der Waals surface area contributed by atoms with Crippen LogP contribution in [0.25, 0.3) is 6.08 Å². The van der Waals surface area contributed by atoms with Gasteiger partial charge >= 0.3 is 0 Å². The van der Waals surface area contributed by atoms with Gasteiger partial charge in [0.2, 0.25) is 0 Å². The van der Waals surface area contributed by atoms with Crippen molar-refractivity contribution >= 4 is 11.8 Å². The number of aryl methyl sites for hydroxylation is 1. The van der Waals surface area contributed by atoms with Gasteiger partial charge in [-0.05, 0) is 30.2 Å². The highest BCUT2D eigenvalue weighted by atomic mass is 14.5. The number of nitrogen functional groups attached to an aromatic ring is 1. The molecule has 4 N–H and O–H groups in total. The van der Waals surface area contributed by atoms with Gasteiger partial charge in [0.1, 0.15) is 0 Å². The summed E-state index contributed by atoms with van der Waals surface area (Å²) in [5.41, 5.74) is 14.1. The summed E-state index contributed by atoms with van der Waals surface area (Å²) >= 11 is 0. The van der Waals surface area contributed by atoms with E-state index < -0.39 is 0 Å². The number of nitrogens with two attached hydrogens (primary N) is 2. The lowest BCUT2D eigenvalue weighted by atomic mass is 10.1. The van der Waals surface area contributed by atoms with Crippen LogP contribution < -0.4 is 11.5 Å². The zero-order valence-corrected chi connectivity index (χ0v) is 7.25. The van der Waals surface area contributed by atoms with E-state index in [1.54, 1.807) is 0 Å². The van der Waals surface area contributed by atoms with Gasteiger partial charge in [-0.15, -0.1) is 0 Å². The van der Waals surface area contributed by atoms with Crippen LogP contribution in [0.2, 0.25) is 0 Å². The predicted molar refractivity (Wildman–Crippen MR) is 53.7 cm³/mol. The molecule has 64 valence electrons. The van der Waals surface area contributed by atoms with Gasteiger partial charge in [-0.3, -0.25) is 0 Å². The Morgan fingerprint density at radius 1 is 1.33 bits per heavy atom. The smallest absolute Gasteiger partial charge is 0.0322 e. The van der Waals surface area contributed by atoms with Crippen molar-refractivity contribution in [1.29, 1.82) is 0 Å². The predicted octanol–water partition coefficient (Wildman–Crippen LogP) is 1.55. The van der Waals surface area contributed by atoms with E-state index in [0.29, 0.717) is 6.54 Å². The molecule has 2 heteroatoms. The van der Waals surface area contributed by atoms with E-state index in [1.165, 1.54) is 5.56 Å². The lowest BCUT2D eigenvalue weighted by Gasteiger charge is -1.99. The molecule has 1 aromatic rings. The summed E-state index contributed by atoms with van der Waals surface area (Å²) in [6.45, 7) is 2.59. The molecule has 0 aliphatic carbocycles. The van der Waals surface area contributed by atoms with Crippen molar-refractivity contribution in [2.45, 2.75) is 6.92 Å². The van der Waals surface area contributed by atoms with Gasteiger partial charge in [-0.25, -0.2) is 0 Å². The zero-order chi connectivity index (χ0) is 8.97. The Morgan fingerprint density at radius 2 is 2.08 bits per heavy atom. The molecule has 1 aromatic carbocycles. The SMILES string of the molecule is Cc1cc(N)cc(C=CCN)c1. The van der Waals surface area contributed by atoms with Crippen LogP contribution in [0.15, 0.2) is 24.3 Å². The lowest BCUT2D eigenvalue weighted by molar-refractivity contribution is 1.26. The molecular weight excluding hydrogens is 148 g/mol. The molecule has 1 rings (SSSR count). The van der Waals surface area contributed by atoms with Crippen LogP contribution in [0.1, 0.15) is 11.1 Å². The van der Waals surface area contributed by atoms with Gasteiger partial charge in [0.25, 0.3) is 0 Å². The minimum atomic E-state index is 0.563. The van der Waals surface area contributed by atoms with Crippen LogP contribution in [-0.4, -0.2) is 6.54 Å². The van der Waals surface area contributed by atoms with E-state index in [0.717, 1.165) is 11.3 Å². The molecule has 0 radical (unpaired) electrons. The molecule has 0 saturated carbocycles.